The van der Waals surface area contributed by atoms with Crippen molar-refractivity contribution in [1.29, 1.82) is 0 Å². The van der Waals surface area contributed by atoms with Crippen molar-refractivity contribution in [3.63, 3.8) is 0 Å². The van der Waals surface area contributed by atoms with Crippen molar-refractivity contribution in [2.45, 2.75) is 61.7 Å². The minimum Gasteiger partial charge on any atom is -0.496 e. The number of ether oxygens (including phenoxy) is 3. The molecule has 3 aromatic carbocycles. The molecule has 3 atom stereocenters. The van der Waals surface area contributed by atoms with Gasteiger partial charge >= 0.3 is 0 Å². The molecule has 3 aromatic rings. The SMILES string of the molecule is CNC(=O)c1cc(S(=O)(=O)N2CCC3(CC2)Oc2ccc(cc2)OCCNC(=O)[C@H](C)NC(=O)[C@H](Cc2ccccc2)NC(=O)[C@H](C)NC3=O)ccc1OC. The number of sulfonamides is 1. The predicted octanol–water partition coefficient (Wildman–Crippen LogP) is 0.903. The lowest BCUT2D eigenvalue weighted by Crippen LogP contribution is -2.61. The number of methoxy groups -OCH3 is 1. The van der Waals surface area contributed by atoms with Crippen molar-refractivity contribution in [3.8, 4) is 17.2 Å². The van der Waals surface area contributed by atoms with Crippen LogP contribution in [0.5, 0.6) is 17.2 Å². The maximum atomic E-state index is 14.2. The van der Waals surface area contributed by atoms with E-state index in [-0.39, 0.29) is 67.5 Å². The highest BCUT2D eigenvalue weighted by atomic mass is 32.2. The third-order valence-corrected chi connectivity index (χ3v) is 11.3. The van der Waals surface area contributed by atoms with Gasteiger partial charge in [0.25, 0.3) is 11.8 Å². The standard InChI is InChI=1S/C38H46N6O10S/c1-24-33(45)40-18-21-53-27-10-12-28(13-11-27)54-38(37(49)42-25(2)34(46)43-31(36(48)41-24)22-26-8-6-5-7-9-26)16-19-44(20-17-38)55(50,51)29-14-15-32(52-4)30(23-29)35(47)39-3/h5-15,23-25,31H,16-22H2,1-4H3,(H,39,47)(H,40,45)(H,41,48)(H,42,49)(H,43,46)/t24-,25-,31-/m0/s1. The van der Waals surface area contributed by atoms with Gasteiger partial charge in [0.15, 0.2) is 5.60 Å². The molecule has 1 spiro atoms. The average molecular weight is 779 g/mol. The molecule has 1 saturated heterocycles. The first-order valence-corrected chi connectivity index (χ1v) is 19.3. The lowest BCUT2D eigenvalue weighted by atomic mass is 9.90. The second kappa shape index (κ2) is 17.6. The molecular weight excluding hydrogens is 733 g/mol. The largest absolute Gasteiger partial charge is 0.496 e. The van der Waals surface area contributed by atoms with Crippen LogP contribution in [0.1, 0.15) is 42.6 Å². The van der Waals surface area contributed by atoms with Crippen LogP contribution in [-0.4, -0.2) is 106 Å². The van der Waals surface area contributed by atoms with Gasteiger partial charge in [0.05, 0.1) is 24.1 Å². The van der Waals surface area contributed by atoms with Crippen molar-refractivity contribution < 1.29 is 46.6 Å². The molecule has 5 N–H and O–H groups in total. The number of carbonyl (C=O) groups is 5. The van der Waals surface area contributed by atoms with Crippen molar-refractivity contribution >= 4 is 39.6 Å². The monoisotopic (exact) mass is 778 g/mol. The van der Waals surface area contributed by atoms with Crippen molar-refractivity contribution in [1.82, 2.24) is 30.9 Å². The maximum Gasteiger partial charge on any atom is 0.264 e. The summed E-state index contributed by atoms with van der Waals surface area (Å²) in [6.07, 6.45) is -0.0908. The number of rotatable bonds is 6. The molecule has 6 rings (SSSR count). The third-order valence-electron chi connectivity index (χ3n) is 9.44. The molecular formula is C38H46N6O10S. The Morgan fingerprint density at radius 2 is 1.53 bits per heavy atom. The number of piperidine rings is 1. The van der Waals surface area contributed by atoms with Gasteiger partial charge < -0.3 is 40.8 Å². The molecule has 5 amide bonds. The molecule has 55 heavy (non-hydrogen) atoms. The smallest absolute Gasteiger partial charge is 0.264 e. The molecule has 16 nitrogen and oxygen atoms in total. The van der Waals surface area contributed by atoms with E-state index in [1.54, 1.807) is 48.5 Å². The number of hydrogen-bond donors (Lipinski definition) is 5. The molecule has 3 aliphatic heterocycles. The van der Waals surface area contributed by atoms with Crippen LogP contribution in [0.2, 0.25) is 0 Å². The second-order valence-corrected chi connectivity index (χ2v) is 15.2. The minimum atomic E-state index is -4.14. The molecule has 0 aliphatic carbocycles. The highest BCUT2D eigenvalue weighted by Crippen LogP contribution is 2.34. The zero-order chi connectivity index (χ0) is 39.8. The number of nitrogens with zero attached hydrogens (tertiary/aromatic N) is 1. The van der Waals surface area contributed by atoms with E-state index in [1.165, 1.54) is 50.5 Å². The van der Waals surface area contributed by atoms with Crippen LogP contribution in [0.3, 0.4) is 0 Å². The van der Waals surface area contributed by atoms with Gasteiger partial charge in [0.2, 0.25) is 27.7 Å². The van der Waals surface area contributed by atoms with Crippen molar-refractivity contribution in [2.24, 2.45) is 0 Å². The first kappa shape index (κ1) is 40.5. The molecule has 2 bridgehead atoms. The lowest BCUT2D eigenvalue weighted by Gasteiger charge is -2.40. The van der Waals surface area contributed by atoms with Crippen molar-refractivity contribution in [2.75, 3.05) is 40.4 Å². The van der Waals surface area contributed by atoms with Gasteiger partial charge in [-0.05, 0) is 61.9 Å². The van der Waals surface area contributed by atoms with E-state index in [0.29, 0.717) is 5.75 Å². The molecule has 0 aromatic heterocycles. The zero-order valence-corrected chi connectivity index (χ0v) is 31.9. The summed E-state index contributed by atoms with van der Waals surface area (Å²) in [7, 11) is -1.35. The number of hydrogen-bond acceptors (Lipinski definition) is 10. The van der Waals surface area contributed by atoms with Crippen LogP contribution in [0.25, 0.3) is 0 Å². The summed E-state index contributed by atoms with van der Waals surface area (Å²) in [6, 6.07) is 16.3. The van der Waals surface area contributed by atoms with E-state index in [4.69, 9.17) is 14.2 Å². The van der Waals surface area contributed by atoms with Crippen LogP contribution in [0, 0.1) is 0 Å². The first-order valence-electron chi connectivity index (χ1n) is 17.8. The van der Waals surface area contributed by atoms with Crippen LogP contribution in [-0.2, 0) is 35.6 Å². The number of benzene rings is 3. The van der Waals surface area contributed by atoms with E-state index in [9.17, 15) is 32.4 Å². The molecule has 1 fully saturated rings. The van der Waals surface area contributed by atoms with Crippen LogP contribution in [0.4, 0.5) is 0 Å². The third kappa shape index (κ3) is 9.71. The van der Waals surface area contributed by atoms with Gasteiger partial charge in [0.1, 0.15) is 42.0 Å². The number of carbonyl (C=O) groups excluding carboxylic acids is 5. The first-order chi connectivity index (χ1) is 26.3. The maximum absolute atomic E-state index is 14.2. The predicted molar refractivity (Wildman–Crippen MR) is 200 cm³/mol. The molecule has 3 aliphatic rings. The topological polar surface area (TPSA) is 211 Å². The van der Waals surface area contributed by atoms with Crippen LogP contribution in [0.15, 0.2) is 77.7 Å². The fourth-order valence-electron chi connectivity index (χ4n) is 6.23. The summed E-state index contributed by atoms with van der Waals surface area (Å²) in [5, 5.41) is 13.3. The van der Waals surface area contributed by atoms with E-state index in [0.717, 1.165) is 5.56 Å². The molecule has 3 heterocycles. The Labute approximate surface area is 319 Å². The Balaban J connectivity index is 1.41. The highest BCUT2D eigenvalue weighted by molar-refractivity contribution is 7.89. The van der Waals surface area contributed by atoms with Crippen LogP contribution < -0.4 is 40.8 Å². The summed E-state index contributed by atoms with van der Waals surface area (Å²) in [4.78, 5) is 66.4. The summed E-state index contributed by atoms with van der Waals surface area (Å²) >= 11 is 0. The van der Waals surface area contributed by atoms with E-state index < -0.39 is 63.3 Å². The van der Waals surface area contributed by atoms with Crippen molar-refractivity contribution in [3.05, 3.63) is 83.9 Å². The Bertz CT molecular complexity index is 1990. The van der Waals surface area contributed by atoms with Gasteiger partial charge in [-0.3, -0.25) is 24.0 Å². The second-order valence-electron chi connectivity index (χ2n) is 13.2. The number of amides is 5. The molecule has 0 saturated carbocycles. The fourth-order valence-corrected chi connectivity index (χ4v) is 7.69. The number of nitrogens with one attached hydrogen (secondary N) is 5. The lowest BCUT2D eigenvalue weighted by molar-refractivity contribution is -0.143. The van der Waals surface area contributed by atoms with Gasteiger partial charge in [-0.15, -0.1) is 0 Å². The summed E-state index contributed by atoms with van der Waals surface area (Å²) in [6.45, 7) is 2.97. The molecule has 0 radical (unpaired) electrons. The summed E-state index contributed by atoms with van der Waals surface area (Å²) in [5.41, 5.74) is -0.820. The highest BCUT2D eigenvalue weighted by Gasteiger charge is 2.47. The normalized spacial score (nSPS) is 21.5. The Kier molecular flexibility index (Phi) is 13.0. The summed E-state index contributed by atoms with van der Waals surface area (Å²) in [5.74, 6) is -1.95. The van der Waals surface area contributed by atoms with Gasteiger partial charge in [-0.25, -0.2) is 8.42 Å². The molecule has 17 heteroatoms. The van der Waals surface area contributed by atoms with E-state index >= 15 is 0 Å². The average Bonchev–Trinajstić information content (AvgIpc) is 3.19. The minimum absolute atomic E-state index is 0.0414. The van der Waals surface area contributed by atoms with E-state index in [2.05, 4.69) is 26.6 Å². The van der Waals surface area contributed by atoms with Gasteiger partial charge in [0, 0.05) is 39.4 Å². The summed E-state index contributed by atoms with van der Waals surface area (Å²) < 4.78 is 46.3. The number of fused-ring (bicyclic) bond motifs is 15. The molecule has 294 valence electrons. The van der Waals surface area contributed by atoms with Gasteiger partial charge in [-0.2, -0.15) is 4.31 Å². The van der Waals surface area contributed by atoms with E-state index in [1.807, 2.05) is 6.07 Å². The Morgan fingerprint density at radius 3 is 2.18 bits per heavy atom. The molecule has 0 unspecified atom stereocenters. The fraction of sp³-hybridized carbons (Fsp3) is 0.395. The Morgan fingerprint density at radius 1 is 0.873 bits per heavy atom. The van der Waals surface area contributed by atoms with Gasteiger partial charge in [-0.1, -0.05) is 30.3 Å². The quantitative estimate of drug-likeness (QED) is 0.223. The Hall–Kier alpha value is -5.68. The van der Waals surface area contributed by atoms with Crippen LogP contribution >= 0.6 is 0 Å². The zero-order valence-electron chi connectivity index (χ0n) is 31.0.